The van der Waals surface area contributed by atoms with Crippen LogP contribution in [0.25, 0.3) is 0 Å². The largest absolute Gasteiger partial charge is 0.480 e. The molecule has 0 heterocycles. The highest BCUT2D eigenvalue weighted by Gasteiger charge is 2.18. The van der Waals surface area contributed by atoms with E-state index in [4.69, 9.17) is 4.74 Å². The SMILES string of the molecule is CC(=O)c1cc(F)ccc1OC(C)C(=O)NCC(C)C. The lowest BCUT2D eigenvalue weighted by molar-refractivity contribution is -0.127. The van der Waals surface area contributed by atoms with Crippen LogP contribution >= 0.6 is 0 Å². The summed E-state index contributed by atoms with van der Waals surface area (Å²) >= 11 is 0. The monoisotopic (exact) mass is 281 g/mol. The molecule has 1 unspecified atom stereocenters. The van der Waals surface area contributed by atoms with Gasteiger partial charge in [-0.25, -0.2) is 4.39 Å². The highest BCUT2D eigenvalue weighted by Crippen LogP contribution is 2.21. The van der Waals surface area contributed by atoms with Crippen molar-refractivity contribution < 1.29 is 18.7 Å². The van der Waals surface area contributed by atoms with Crippen molar-refractivity contribution in [2.75, 3.05) is 6.54 Å². The van der Waals surface area contributed by atoms with Gasteiger partial charge in [0.2, 0.25) is 0 Å². The molecule has 0 saturated heterocycles. The van der Waals surface area contributed by atoms with Crippen LogP contribution in [0.2, 0.25) is 0 Å². The number of rotatable bonds is 6. The molecule has 1 amide bonds. The number of hydrogen-bond acceptors (Lipinski definition) is 3. The topological polar surface area (TPSA) is 55.4 Å². The summed E-state index contributed by atoms with van der Waals surface area (Å²) in [4.78, 5) is 23.2. The second-order valence-corrected chi connectivity index (χ2v) is 5.10. The third-order valence-electron chi connectivity index (χ3n) is 2.68. The fourth-order valence-corrected chi connectivity index (χ4v) is 1.57. The number of benzene rings is 1. The third-order valence-corrected chi connectivity index (χ3v) is 2.68. The number of carbonyl (C=O) groups excluding carboxylic acids is 2. The molecule has 20 heavy (non-hydrogen) atoms. The van der Waals surface area contributed by atoms with E-state index in [9.17, 15) is 14.0 Å². The Morgan fingerprint density at radius 2 is 1.95 bits per heavy atom. The molecule has 0 aliphatic rings. The van der Waals surface area contributed by atoms with Crippen LogP contribution < -0.4 is 10.1 Å². The lowest BCUT2D eigenvalue weighted by Crippen LogP contribution is -2.38. The molecule has 5 heteroatoms. The number of hydrogen-bond donors (Lipinski definition) is 1. The Balaban J connectivity index is 2.77. The number of amides is 1. The van der Waals surface area contributed by atoms with Crippen LogP contribution in [0.3, 0.4) is 0 Å². The first-order valence-electron chi connectivity index (χ1n) is 6.56. The zero-order valence-corrected chi connectivity index (χ0v) is 12.2. The van der Waals surface area contributed by atoms with Crippen molar-refractivity contribution in [1.82, 2.24) is 5.32 Å². The van der Waals surface area contributed by atoms with E-state index in [0.29, 0.717) is 12.5 Å². The number of carbonyl (C=O) groups is 2. The van der Waals surface area contributed by atoms with Crippen molar-refractivity contribution >= 4 is 11.7 Å². The Kier molecular flexibility index (Phi) is 5.67. The summed E-state index contributed by atoms with van der Waals surface area (Å²) in [7, 11) is 0. The minimum absolute atomic E-state index is 0.133. The summed E-state index contributed by atoms with van der Waals surface area (Å²) in [5.74, 6) is -0.540. The molecule has 0 saturated carbocycles. The van der Waals surface area contributed by atoms with Crippen molar-refractivity contribution in [1.29, 1.82) is 0 Å². The van der Waals surface area contributed by atoms with E-state index in [2.05, 4.69) is 5.32 Å². The van der Waals surface area contributed by atoms with Crippen LogP contribution in [0.4, 0.5) is 4.39 Å². The smallest absolute Gasteiger partial charge is 0.260 e. The van der Waals surface area contributed by atoms with Crippen molar-refractivity contribution in [3.63, 3.8) is 0 Å². The first-order valence-corrected chi connectivity index (χ1v) is 6.56. The zero-order valence-electron chi connectivity index (χ0n) is 12.2. The predicted octanol–water partition coefficient (Wildman–Crippen LogP) is 2.57. The van der Waals surface area contributed by atoms with E-state index in [0.717, 1.165) is 6.07 Å². The van der Waals surface area contributed by atoms with Gasteiger partial charge in [-0.05, 0) is 38.0 Å². The maximum Gasteiger partial charge on any atom is 0.260 e. The summed E-state index contributed by atoms with van der Waals surface area (Å²) in [6, 6.07) is 3.66. The maximum atomic E-state index is 13.1. The molecule has 0 bridgehead atoms. The second kappa shape index (κ2) is 7.03. The molecule has 4 nitrogen and oxygen atoms in total. The number of Topliss-reactive ketones (excluding diaryl/α,β-unsaturated/α-hetero) is 1. The van der Waals surface area contributed by atoms with E-state index in [1.807, 2.05) is 13.8 Å². The number of ketones is 1. The van der Waals surface area contributed by atoms with Crippen LogP contribution in [0, 0.1) is 11.7 Å². The van der Waals surface area contributed by atoms with Crippen molar-refractivity contribution in [2.45, 2.75) is 33.8 Å². The predicted molar refractivity (Wildman–Crippen MR) is 74.3 cm³/mol. The Bertz CT molecular complexity index is 500. The maximum absolute atomic E-state index is 13.1. The van der Waals surface area contributed by atoms with Crippen LogP contribution in [-0.4, -0.2) is 24.3 Å². The lowest BCUT2D eigenvalue weighted by atomic mass is 10.1. The van der Waals surface area contributed by atoms with Gasteiger partial charge in [0.25, 0.3) is 5.91 Å². The first-order chi connectivity index (χ1) is 9.31. The van der Waals surface area contributed by atoms with E-state index in [1.165, 1.54) is 19.1 Å². The minimum atomic E-state index is -0.752. The summed E-state index contributed by atoms with van der Waals surface area (Å²) in [5, 5.41) is 2.74. The molecule has 1 rings (SSSR count). The van der Waals surface area contributed by atoms with Crippen LogP contribution in [0.5, 0.6) is 5.75 Å². The average molecular weight is 281 g/mol. The molecule has 0 radical (unpaired) electrons. The van der Waals surface area contributed by atoms with Crippen molar-refractivity contribution in [2.24, 2.45) is 5.92 Å². The summed E-state index contributed by atoms with van der Waals surface area (Å²) in [6.07, 6.45) is -0.752. The number of ether oxygens (including phenoxy) is 1. The summed E-state index contributed by atoms with van der Waals surface area (Å²) in [5.41, 5.74) is 0.133. The minimum Gasteiger partial charge on any atom is -0.480 e. The van der Waals surface area contributed by atoms with Crippen molar-refractivity contribution in [3.05, 3.63) is 29.6 Å². The first kappa shape index (κ1) is 16.1. The summed E-state index contributed by atoms with van der Waals surface area (Å²) < 4.78 is 18.6. The fraction of sp³-hybridized carbons (Fsp3) is 0.467. The molecule has 1 aromatic carbocycles. The van der Waals surface area contributed by atoms with Gasteiger partial charge >= 0.3 is 0 Å². The van der Waals surface area contributed by atoms with Gasteiger partial charge in [-0.2, -0.15) is 0 Å². The number of nitrogens with one attached hydrogen (secondary N) is 1. The Morgan fingerprint density at radius 1 is 1.30 bits per heavy atom. The van der Waals surface area contributed by atoms with Gasteiger partial charge in [0.15, 0.2) is 11.9 Å². The highest BCUT2D eigenvalue weighted by molar-refractivity contribution is 5.97. The van der Waals surface area contributed by atoms with E-state index in [-0.39, 0.29) is 23.0 Å². The molecule has 0 aromatic heterocycles. The zero-order chi connectivity index (χ0) is 15.3. The lowest BCUT2D eigenvalue weighted by Gasteiger charge is -2.17. The molecule has 0 fully saturated rings. The van der Waals surface area contributed by atoms with E-state index < -0.39 is 11.9 Å². The quantitative estimate of drug-likeness (QED) is 0.815. The molecule has 0 aliphatic carbocycles. The number of halogens is 1. The molecule has 0 spiro atoms. The molecular formula is C15H20FNO3. The van der Waals surface area contributed by atoms with E-state index in [1.54, 1.807) is 6.92 Å². The molecule has 1 atom stereocenters. The van der Waals surface area contributed by atoms with Gasteiger partial charge in [0, 0.05) is 6.54 Å². The molecule has 0 aliphatic heterocycles. The van der Waals surface area contributed by atoms with Gasteiger partial charge in [-0.3, -0.25) is 9.59 Å². The van der Waals surface area contributed by atoms with Crippen LogP contribution in [0.15, 0.2) is 18.2 Å². The van der Waals surface area contributed by atoms with Gasteiger partial charge in [0.05, 0.1) is 5.56 Å². The van der Waals surface area contributed by atoms with Gasteiger partial charge in [-0.15, -0.1) is 0 Å². The molecule has 110 valence electrons. The van der Waals surface area contributed by atoms with Gasteiger partial charge in [0.1, 0.15) is 11.6 Å². The molecule has 1 aromatic rings. The fourth-order valence-electron chi connectivity index (χ4n) is 1.57. The standard InChI is InChI=1S/C15H20FNO3/c1-9(2)8-17-15(19)11(4)20-14-6-5-12(16)7-13(14)10(3)18/h5-7,9,11H,8H2,1-4H3,(H,17,19). The average Bonchev–Trinajstić information content (AvgIpc) is 2.37. The Morgan fingerprint density at radius 3 is 2.50 bits per heavy atom. The molecule has 1 N–H and O–H groups in total. The van der Waals surface area contributed by atoms with E-state index >= 15 is 0 Å². The van der Waals surface area contributed by atoms with Crippen LogP contribution in [-0.2, 0) is 4.79 Å². The summed E-state index contributed by atoms with van der Waals surface area (Å²) in [6.45, 7) is 7.43. The van der Waals surface area contributed by atoms with Gasteiger partial charge in [-0.1, -0.05) is 13.8 Å². The van der Waals surface area contributed by atoms with Gasteiger partial charge < -0.3 is 10.1 Å². The second-order valence-electron chi connectivity index (χ2n) is 5.10. The Hall–Kier alpha value is -1.91. The van der Waals surface area contributed by atoms with Crippen LogP contribution in [0.1, 0.15) is 38.1 Å². The van der Waals surface area contributed by atoms with Crippen molar-refractivity contribution in [3.8, 4) is 5.75 Å². The third kappa shape index (κ3) is 4.64. The Labute approximate surface area is 118 Å². The normalized spacial score (nSPS) is 12.1. The molecular weight excluding hydrogens is 261 g/mol. The highest BCUT2D eigenvalue weighted by atomic mass is 19.1.